The molecule has 4 nitrogen and oxygen atoms in total. The van der Waals surface area contributed by atoms with E-state index in [4.69, 9.17) is 11.5 Å². The normalized spacial score (nSPS) is 16.9. The zero-order valence-corrected chi connectivity index (χ0v) is 19.1. The van der Waals surface area contributed by atoms with Crippen LogP contribution in [-0.4, -0.2) is 22.6 Å². The van der Waals surface area contributed by atoms with Gasteiger partial charge in [-0.3, -0.25) is 0 Å². The minimum absolute atomic E-state index is 0.274. The van der Waals surface area contributed by atoms with Crippen molar-refractivity contribution in [3.05, 3.63) is 57.6 Å². The first kappa shape index (κ1) is 26.8. The van der Waals surface area contributed by atoms with Gasteiger partial charge in [-0.05, 0) is 74.2 Å². The van der Waals surface area contributed by atoms with Gasteiger partial charge in [0.1, 0.15) is 0 Å². The molecule has 0 saturated carbocycles. The first-order chi connectivity index (χ1) is 14.6. The third-order valence-electron chi connectivity index (χ3n) is 6.29. The molecule has 0 aliphatic carbocycles. The minimum Gasteiger partial charge on any atom is -0.398 e. The molecule has 6 N–H and O–H groups in total. The van der Waals surface area contributed by atoms with Crippen molar-refractivity contribution in [1.82, 2.24) is 0 Å². The van der Waals surface area contributed by atoms with Crippen LogP contribution < -0.4 is 11.5 Å². The van der Waals surface area contributed by atoms with E-state index in [0.29, 0.717) is 36.1 Å². The fraction of sp³-hybridized carbons (Fsp3) is 0.478. The first-order valence-corrected chi connectivity index (χ1v) is 9.97. The predicted octanol–water partition coefficient (Wildman–Crippen LogP) is 5.33. The van der Waals surface area contributed by atoms with Crippen molar-refractivity contribution in [1.29, 1.82) is 0 Å². The highest BCUT2D eigenvalue weighted by molar-refractivity contribution is 5.61. The number of benzene rings is 2. The van der Waals surface area contributed by atoms with Crippen LogP contribution in [0.25, 0.3) is 0 Å². The molecular formula is C23H28F6N2O2. The standard InChI is InChI=1S/C23H28F6N2O2/c1-11-7-17(30)15(20(5,32)22(24,25)26)9-13(11)19(3,4)14-10-16(18(31)8-12(14)2)21(6,33)23(27,28)29/h7-10,32-33H,30-31H2,1-6H3. The maximum Gasteiger partial charge on any atom is 0.421 e. The zero-order valence-electron chi connectivity index (χ0n) is 19.1. The third kappa shape index (κ3) is 4.38. The molecule has 2 aromatic carbocycles. The Kier molecular flexibility index (Phi) is 6.33. The van der Waals surface area contributed by atoms with Gasteiger partial charge in [-0.1, -0.05) is 13.8 Å². The first-order valence-electron chi connectivity index (χ1n) is 9.97. The summed E-state index contributed by atoms with van der Waals surface area (Å²) in [7, 11) is 0. The molecule has 0 fully saturated rings. The topological polar surface area (TPSA) is 92.5 Å². The number of nitrogens with two attached hydrogens (primary N) is 2. The lowest BCUT2D eigenvalue weighted by atomic mass is 9.72. The Morgan fingerprint density at radius 2 is 0.848 bits per heavy atom. The van der Waals surface area contributed by atoms with Gasteiger partial charge in [0.2, 0.25) is 0 Å². The Morgan fingerprint density at radius 1 is 0.576 bits per heavy atom. The fourth-order valence-corrected chi connectivity index (χ4v) is 4.10. The van der Waals surface area contributed by atoms with Crippen molar-refractivity contribution in [2.75, 3.05) is 11.5 Å². The van der Waals surface area contributed by atoms with Crippen molar-refractivity contribution >= 4 is 11.4 Å². The van der Waals surface area contributed by atoms with Gasteiger partial charge >= 0.3 is 12.4 Å². The van der Waals surface area contributed by atoms with Crippen LogP contribution in [0.3, 0.4) is 0 Å². The number of nitrogen functional groups attached to an aromatic ring is 2. The average molecular weight is 478 g/mol. The average Bonchev–Trinajstić information content (AvgIpc) is 2.58. The molecule has 2 rings (SSSR count). The maximum atomic E-state index is 13.5. The summed E-state index contributed by atoms with van der Waals surface area (Å²) in [6.45, 7) is 7.58. The second kappa shape index (κ2) is 7.80. The van der Waals surface area contributed by atoms with Crippen LogP contribution in [0.15, 0.2) is 24.3 Å². The van der Waals surface area contributed by atoms with E-state index in [2.05, 4.69) is 0 Å². The summed E-state index contributed by atoms with van der Waals surface area (Å²) in [6, 6.07) is 4.81. The second-order valence-corrected chi connectivity index (χ2v) is 9.27. The quantitative estimate of drug-likeness (QED) is 0.353. The molecule has 0 radical (unpaired) electrons. The number of alkyl halides is 6. The van der Waals surface area contributed by atoms with Crippen LogP contribution in [0.5, 0.6) is 0 Å². The number of hydrogen-bond acceptors (Lipinski definition) is 4. The fourth-order valence-electron chi connectivity index (χ4n) is 4.10. The Balaban J connectivity index is 2.83. The van der Waals surface area contributed by atoms with Gasteiger partial charge in [0.15, 0.2) is 11.2 Å². The molecule has 10 heteroatoms. The highest BCUT2D eigenvalue weighted by atomic mass is 19.4. The van der Waals surface area contributed by atoms with Crippen molar-refractivity contribution in [3.63, 3.8) is 0 Å². The highest BCUT2D eigenvalue weighted by Crippen LogP contribution is 2.47. The van der Waals surface area contributed by atoms with Crippen LogP contribution in [0.2, 0.25) is 0 Å². The van der Waals surface area contributed by atoms with E-state index in [1.54, 1.807) is 27.7 Å². The monoisotopic (exact) mass is 478 g/mol. The van der Waals surface area contributed by atoms with Crippen molar-refractivity contribution in [2.45, 2.75) is 70.5 Å². The lowest BCUT2D eigenvalue weighted by Gasteiger charge is -2.35. The summed E-state index contributed by atoms with van der Waals surface area (Å²) < 4.78 is 81.0. The Morgan fingerprint density at radius 3 is 1.09 bits per heavy atom. The number of aryl methyl sites for hydroxylation is 2. The molecule has 0 heterocycles. The summed E-state index contributed by atoms with van der Waals surface area (Å²) in [5, 5.41) is 20.4. The largest absolute Gasteiger partial charge is 0.421 e. The summed E-state index contributed by atoms with van der Waals surface area (Å²) in [5.74, 6) is 0. The SMILES string of the molecule is Cc1cc(N)c(C(C)(O)C(F)(F)F)cc1C(C)(C)c1cc(C(C)(O)C(F)(F)F)c(N)cc1C. The summed E-state index contributed by atoms with van der Waals surface area (Å²) in [5.41, 5.74) is 3.81. The highest BCUT2D eigenvalue weighted by Gasteiger charge is 2.53. The van der Waals surface area contributed by atoms with E-state index in [-0.39, 0.29) is 11.4 Å². The molecule has 184 valence electrons. The van der Waals surface area contributed by atoms with Crippen LogP contribution in [0, 0.1) is 13.8 Å². The van der Waals surface area contributed by atoms with Gasteiger partial charge in [-0.2, -0.15) is 26.3 Å². The van der Waals surface area contributed by atoms with Crippen LogP contribution >= 0.6 is 0 Å². The second-order valence-electron chi connectivity index (χ2n) is 9.27. The Labute approximate surface area is 188 Å². The number of halogens is 6. The lowest BCUT2D eigenvalue weighted by Crippen LogP contribution is -2.40. The minimum atomic E-state index is -5.02. The van der Waals surface area contributed by atoms with Crippen molar-refractivity contribution in [3.8, 4) is 0 Å². The van der Waals surface area contributed by atoms with Gasteiger partial charge < -0.3 is 21.7 Å². The number of aliphatic hydroxyl groups is 2. The molecule has 2 atom stereocenters. The number of hydrogen-bond donors (Lipinski definition) is 4. The summed E-state index contributed by atoms with van der Waals surface area (Å²) >= 11 is 0. The molecule has 0 aromatic heterocycles. The van der Waals surface area contributed by atoms with E-state index in [9.17, 15) is 36.6 Å². The summed E-state index contributed by atoms with van der Waals surface area (Å²) in [4.78, 5) is 0. The van der Waals surface area contributed by atoms with E-state index in [1.165, 1.54) is 12.1 Å². The number of anilines is 2. The molecule has 0 aliphatic rings. The molecule has 0 spiro atoms. The van der Waals surface area contributed by atoms with E-state index >= 15 is 0 Å². The molecule has 0 bridgehead atoms. The summed E-state index contributed by atoms with van der Waals surface area (Å²) in [6.07, 6.45) is -10.0. The van der Waals surface area contributed by atoms with E-state index in [0.717, 1.165) is 12.1 Å². The molecule has 0 aliphatic heterocycles. The van der Waals surface area contributed by atoms with Crippen molar-refractivity contribution < 1.29 is 36.6 Å². The van der Waals surface area contributed by atoms with Crippen LogP contribution in [0.4, 0.5) is 37.7 Å². The van der Waals surface area contributed by atoms with Crippen LogP contribution in [-0.2, 0) is 16.6 Å². The molecule has 2 unspecified atom stereocenters. The molecule has 33 heavy (non-hydrogen) atoms. The zero-order chi connectivity index (χ0) is 25.9. The van der Waals surface area contributed by atoms with E-state index in [1.807, 2.05) is 0 Å². The number of rotatable bonds is 4. The van der Waals surface area contributed by atoms with Gasteiger partial charge in [0.05, 0.1) is 0 Å². The Bertz CT molecular complexity index is 987. The van der Waals surface area contributed by atoms with Gasteiger partial charge in [0, 0.05) is 27.9 Å². The van der Waals surface area contributed by atoms with Gasteiger partial charge in [-0.25, -0.2) is 0 Å². The molecule has 0 saturated heterocycles. The molecule has 0 amide bonds. The van der Waals surface area contributed by atoms with Crippen molar-refractivity contribution in [2.24, 2.45) is 0 Å². The predicted molar refractivity (Wildman–Crippen MR) is 115 cm³/mol. The molecular weight excluding hydrogens is 450 g/mol. The van der Waals surface area contributed by atoms with E-state index < -0.39 is 40.1 Å². The Hall–Kier alpha value is -2.46. The van der Waals surface area contributed by atoms with Gasteiger partial charge in [0.25, 0.3) is 0 Å². The maximum absolute atomic E-state index is 13.5. The van der Waals surface area contributed by atoms with Gasteiger partial charge in [-0.15, -0.1) is 0 Å². The lowest BCUT2D eigenvalue weighted by molar-refractivity contribution is -0.258. The smallest absolute Gasteiger partial charge is 0.398 e. The molecule has 2 aromatic rings. The third-order valence-corrected chi connectivity index (χ3v) is 6.29. The van der Waals surface area contributed by atoms with Crippen LogP contribution in [0.1, 0.15) is 61.1 Å².